The minimum absolute atomic E-state index is 0.0588. The van der Waals surface area contributed by atoms with Crippen LogP contribution >= 0.6 is 0 Å². The lowest BCUT2D eigenvalue weighted by atomic mass is 9.70. The van der Waals surface area contributed by atoms with E-state index in [2.05, 4.69) is 19.3 Å². The number of rotatable bonds is 4. The van der Waals surface area contributed by atoms with Gasteiger partial charge in [-0.3, -0.25) is 0 Å². The summed E-state index contributed by atoms with van der Waals surface area (Å²) in [6.07, 6.45) is 7.35. The molecule has 1 aliphatic heterocycles. The van der Waals surface area contributed by atoms with Crippen LogP contribution in [0.3, 0.4) is 0 Å². The van der Waals surface area contributed by atoms with Gasteiger partial charge in [0.25, 0.3) is 0 Å². The van der Waals surface area contributed by atoms with Gasteiger partial charge in [-0.2, -0.15) is 0 Å². The Bertz CT molecular complexity index is 243. The Kier molecular flexibility index (Phi) is 5.05. The Morgan fingerprint density at radius 2 is 1.78 bits per heavy atom. The van der Waals surface area contributed by atoms with Crippen LogP contribution in [0.15, 0.2) is 0 Å². The largest absolute Gasteiger partial charge is 0.381 e. The van der Waals surface area contributed by atoms with Crippen molar-refractivity contribution in [3.05, 3.63) is 0 Å². The fourth-order valence-corrected chi connectivity index (χ4v) is 3.87. The van der Waals surface area contributed by atoms with E-state index in [1.54, 1.807) is 0 Å². The molecule has 1 N–H and O–H groups in total. The highest BCUT2D eigenvalue weighted by atomic mass is 16.5. The zero-order chi connectivity index (χ0) is 13.0. The third kappa shape index (κ3) is 2.89. The van der Waals surface area contributed by atoms with Gasteiger partial charge in [-0.25, -0.2) is 0 Å². The second-order valence-electron chi connectivity index (χ2n) is 6.17. The van der Waals surface area contributed by atoms with Gasteiger partial charge < -0.3 is 14.8 Å². The van der Waals surface area contributed by atoms with Gasteiger partial charge in [-0.1, -0.05) is 6.92 Å². The van der Waals surface area contributed by atoms with Gasteiger partial charge in [0.2, 0.25) is 0 Å². The van der Waals surface area contributed by atoms with Crippen LogP contribution in [0.2, 0.25) is 0 Å². The molecule has 1 aliphatic carbocycles. The van der Waals surface area contributed by atoms with E-state index in [-0.39, 0.29) is 5.60 Å². The molecule has 3 heteroatoms. The molecule has 1 atom stereocenters. The Labute approximate surface area is 112 Å². The second-order valence-corrected chi connectivity index (χ2v) is 6.17. The van der Waals surface area contributed by atoms with Crippen molar-refractivity contribution in [2.45, 2.75) is 57.1 Å². The number of hydrogen-bond acceptors (Lipinski definition) is 3. The summed E-state index contributed by atoms with van der Waals surface area (Å²) in [7, 11) is 4.00. The van der Waals surface area contributed by atoms with Crippen molar-refractivity contribution in [1.82, 2.24) is 5.32 Å². The maximum absolute atomic E-state index is 6.03. The Morgan fingerprint density at radius 1 is 1.17 bits per heavy atom. The van der Waals surface area contributed by atoms with Gasteiger partial charge in [0.05, 0.1) is 5.60 Å². The summed E-state index contributed by atoms with van der Waals surface area (Å²) in [4.78, 5) is 0. The van der Waals surface area contributed by atoms with Gasteiger partial charge in [-0.05, 0) is 57.4 Å². The van der Waals surface area contributed by atoms with Crippen LogP contribution in [-0.4, -0.2) is 39.0 Å². The topological polar surface area (TPSA) is 30.5 Å². The highest BCUT2D eigenvalue weighted by Crippen LogP contribution is 2.40. The van der Waals surface area contributed by atoms with Gasteiger partial charge in [0.1, 0.15) is 0 Å². The number of hydrogen-bond donors (Lipinski definition) is 1. The van der Waals surface area contributed by atoms with Crippen molar-refractivity contribution in [3.8, 4) is 0 Å². The van der Waals surface area contributed by atoms with E-state index < -0.39 is 0 Å². The molecular weight excluding hydrogens is 226 g/mol. The zero-order valence-corrected chi connectivity index (χ0v) is 12.2. The Morgan fingerprint density at radius 3 is 2.28 bits per heavy atom. The molecule has 18 heavy (non-hydrogen) atoms. The SMILES string of the molecule is CNC(C1CCOCC1)C1(OC)CCC(C)CC1. The molecule has 0 aromatic carbocycles. The lowest BCUT2D eigenvalue weighted by molar-refractivity contribution is -0.0973. The van der Waals surface area contributed by atoms with E-state index in [0.29, 0.717) is 12.0 Å². The molecule has 0 radical (unpaired) electrons. The van der Waals surface area contributed by atoms with E-state index >= 15 is 0 Å². The summed E-state index contributed by atoms with van der Waals surface area (Å²) in [5.74, 6) is 1.57. The molecule has 1 heterocycles. The minimum Gasteiger partial charge on any atom is -0.381 e. The summed E-state index contributed by atoms with van der Waals surface area (Å²) in [5, 5.41) is 3.57. The highest BCUT2D eigenvalue weighted by Gasteiger charge is 2.44. The maximum Gasteiger partial charge on any atom is 0.0833 e. The molecule has 2 rings (SSSR count). The minimum atomic E-state index is 0.0588. The van der Waals surface area contributed by atoms with Crippen LogP contribution in [0.25, 0.3) is 0 Å². The lowest BCUT2D eigenvalue weighted by Gasteiger charge is -2.47. The van der Waals surface area contributed by atoms with Crippen LogP contribution in [0.1, 0.15) is 45.4 Å². The Hall–Kier alpha value is -0.120. The van der Waals surface area contributed by atoms with Crippen LogP contribution < -0.4 is 5.32 Å². The molecule has 0 bridgehead atoms. The van der Waals surface area contributed by atoms with Crippen molar-refractivity contribution < 1.29 is 9.47 Å². The maximum atomic E-state index is 6.03. The van der Waals surface area contributed by atoms with Crippen molar-refractivity contribution in [3.63, 3.8) is 0 Å². The lowest BCUT2D eigenvalue weighted by Crippen LogP contribution is -2.57. The first-order chi connectivity index (χ1) is 8.72. The van der Waals surface area contributed by atoms with Gasteiger partial charge >= 0.3 is 0 Å². The summed E-state index contributed by atoms with van der Waals surface area (Å²) in [6, 6.07) is 0.485. The quantitative estimate of drug-likeness (QED) is 0.837. The molecule has 2 fully saturated rings. The summed E-state index contributed by atoms with van der Waals surface area (Å²) in [6.45, 7) is 4.19. The monoisotopic (exact) mass is 255 g/mol. The van der Waals surface area contributed by atoms with Gasteiger partial charge in [-0.15, -0.1) is 0 Å². The van der Waals surface area contributed by atoms with E-state index in [9.17, 15) is 0 Å². The smallest absolute Gasteiger partial charge is 0.0833 e. The average molecular weight is 255 g/mol. The van der Waals surface area contributed by atoms with Crippen molar-refractivity contribution in [2.24, 2.45) is 11.8 Å². The molecule has 106 valence electrons. The number of nitrogens with one attached hydrogen (secondary N) is 1. The standard InChI is InChI=1S/C15H29NO2/c1-12-4-8-15(17-3,9-5-12)14(16-2)13-6-10-18-11-7-13/h12-14,16H,4-11H2,1-3H3. The van der Waals surface area contributed by atoms with Crippen molar-refractivity contribution in [2.75, 3.05) is 27.4 Å². The molecule has 0 aromatic rings. The molecule has 1 saturated carbocycles. The molecule has 3 nitrogen and oxygen atoms in total. The number of ether oxygens (including phenoxy) is 2. The Balaban J connectivity index is 2.07. The second kappa shape index (κ2) is 6.36. The third-order valence-electron chi connectivity index (χ3n) is 5.14. The van der Waals surface area contributed by atoms with Crippen molar-refractivity contribution in [1.29, 1.82) is 0 Å². The van der Waals surface area contributed by atoms with Crippen LogP contribution in [0, 0.1) is 11.8 Å². The normalized spacial score (nSPS) is 36.5. The highest BCUT2D eigenvalue weighted by molar-refractivity contribution is 4.99. The molecule has 0 spiro atoms. The van der Waals surface area contributed by atoms with E-state index in [0.717, 1.165) is 19.1 Å². The zero-order valence-electron chi connectivity index (χ0n) is 12.2. The molecule has 1 saturated heterocycles. The van der Waals surface area contributed by atoms with Crippen LogP contribution in [-0.2, 0) is 9.47 Å². The molecule has 2 aliphatic rings. The third-order valence-corrected chi connectivity index (χ3v) is 5.14. The van der Waals surface area contributed by atoms with E-state index in [4.69, 9.17) is 9.47 Å². The molecule has 0 aromatic heterocycles. The number of methoxy groups -OCH3 is 1. The van der Waals surface area contributed by atoms with Crippen LogP contribution in [0.4, 0.5) is 0 Å². The first-order valence-corrected chi connectivity index (χ1v) is 7.52. The van der Waals surface area contributed by atoms with Gasteiger partial charge in [0.15, 0.2) is 0 Å². The average Bonchev–Trinajstić information content (AvgIpc) is 2.43. The van der Waals surface area contributed by atoms with E-state index in [1.807, 2.05) is 7.11 Å². The summed E-state index contributed by atoms with van der Waals surface area (Å²) >= 11 is 0. The fraction of sp³-hybridized carbons (Fsp3) is 1.00. The number of likely N-dealkylation sites (N-methyl/N-ethyl adjacent to an activating group) is 1. The first kappa shape index (κ1) is 14.3. The predicted molar refractivity (Wildman–Crippen MR) is 73.8 cm³/mol. The molecular formula is C15H29NO2. The van der Waals surface area contributed by atoms with Gasteiger partial charge in [0, 0.05) is 26.4 Å². The predicted octanol–water partition coefficient (Wildman–Crippen LogP) is 2.60. The molecule has 1 unspecified atom stereocenters. The summed E-state index contributed by atoms with van der Waals surface area (Å²) in [5.41, 5.74) is 0.0588. The first-order valence-electron chi connectivity index (χ1n) is 7.52. The van der Waals surface area contributed by atoms with E-state index in [1.165, 1.54) is 38.5 Å². The summed E-state index contributed by atoms with van der Waals surface area (Å²) < 4.78 is 11.5. The van der Waals surface area contributed by atoms with Crippen LogP contribution in [0.5, 0.6) is 0 Å². The van der Waals surface area contributed by atoms with Crippen molar-refractivity contribution >= 4 is 0 Å². The molecule has 0 amide bonds. The fourth-order valence-electron chi connectivity index (χ4n) is 3.87.